The van der Waals surface area contributed by atoms with Crippen molar-refractivity contribution < 1.29 is 9.47 Å². The maximum atomic E-state index is 6.29. The van der Waals surface area contributed by atoms with E-state index in [9.17, 15) is 0 Å². The largest absolute Gasteiger partial charge is 0.497 e. The van der Waals surface area contributed by atoms with Crippen molar-refractivity contribution >= 4 is 22.9 Å². The van der Waals surface area contributed by atoms with Gasteiger partial charge >= 0.3 is 0 Å². The third-order valence-electron chi connectivity index (χ3n) is 5.60. The fourth-order valence-corrected chi connectivity index (χ4v) is 4.23. The van der Waals surface area contributed by atoms with E-state index in [-0.39, 0.29) is 5.60 Å². The number of amidine groups is 1. The van der Waals surface area contributed by atoms with Gasteiger partial charge in [-0.15, -0.1) is 0 Å². The van der Waals surface area contributed by atoms with Crippen LogP contribution in [0.1, 0.15) is 12.8 Å². The summed E-state index contributed by atoms with van der Waals surface area (Å²) in [5, 5.41) is 3.20. The Morgan fingerprint density at radius 3 is 2.92 bits per heavy atom. The standard InChI is InChI=1S/C18H21N5O2/c1-24-13-2-3-14-15(8-13)19-9-16(21-14)22-17-20-10-18(25-17)11-23-6-4-12(18)5-7-23/h2-3,8-9,12H,4-7,10-11H2,1H3,(H,20,21,22)/t18-/m0/s1. The Morgan fingerprint density at radius 2 is 2.16 bits per heavy atom. The Morgan fingerprint density at radius 1 is 1.28 bits per heavy atom. The first-order valence-electron chi connectivity index (χ1n) is 8.78. The minimum atomic E-state index is -0.142. The fourth-order valence-electron chi connectivity index (χ4n) is 4.23. The fraction of sp³-hybridized carbons (Fsp3) is 0.500. The number of hydrogen-bond acceptors (Lipinski definition) is 7. The van der Waals surface area contributed by atoms with Crippen molar-refractivity contribution in [2.75, 3.05) is 38.6 Å². The van der Waals surface area contributed by atoms with E-state index in [1.165, 1.54) is 25.9 Å². The monoisotopic (exact) mass is 339 g/mol. The zero-order valence-electron chi connectivity index (χ0n) is 14.2. The summed E-state index contributed by atoms with van der Waals surface area (Å²) in [5.74, 6) is 2.03. The molecule has 0 aliphatic carbocycles. The first-order valence-corrected chi connectivity index (χ1v) is 8.78. The Bertz CT molecular complexity index is 846. The van der Waals surface area contributed by atoms with E-state index >= 15 is 0 Å². The quantitative estimate of drug-likeness (QED) is 0.901. The van der Waals surface area contributed by atoms with Crippen LogP contribution in [0.4, 0.5) is 5.82 Å². The van der Waals surface area contributed by atoms with Gasteiger partial charge in [0.15, 0.2) is 5.82 Å². The minimum absolute atomic E-state index is 0.142. The second kappa shape index (κ2) is 5.56. The van der Waals surface area contributed by atoms with Crippen molar-refractivity contribution in [3.63, 3.8) is 0 Å². The van der Waals surface area contributed by atoms with E-state index in [2.05, 4.69) is 25.2 Å². The van der Waals surface area contributed by atoms with E-state index < -0.39 is 0 Å². The van der Waals surface area contributed by atoms with E-state index in [1.54, 1.807) is 13.3 Å². The molecule has 25 heavy (non-hydrogen) atoms. The van der Waals surface area contributed by atoms with Gasteiger partial charge in [-0.3, -0.25) is 15.2 Å². The number of nitrogens with zero attached hydrogens (tertiary/aromatic N) is 4. The lowest BCUT2D eigenvalue weighted by Gasteiger charge is -2.50. The molecule has 7 heteroatoms. The molecule has 4 aliphatic rings. The lowest BCUT2D eigenvalue weighted by atomic mass is 9.75. The minimum Gasteiger partial charge on any atom is -0.497 e. The first-order chi connectivity index (χ1) is 12.2. The molecule has 1 atom stereocenters. The second-order valence-corrected chi connectivity index (χ2v) is 7.07. The molecule has 4 aliphatic heterocycles. The van der Waals surface area contributed by atoms with Crippen molar-refractivity contribution in [2.24, 2.45) is 10.9 Å². The molecule has 0 amide bonds. The van der Waals surface area contributed by atoms with Crippen LogP contribution < -0.4 is 10.1 Å². The summed E-state index contributed by atoms with van der Waals surface area (Å²) in [4.78, 5) is 16.1. The Labute approximate surface area is 146 Å². The van der Waals surface area contributed by atoms with Crippen LogP contribution in [-0.4, -0.2) is 59.8 Å². The highest BCUT2D eigenvalue weighted by molar-refractivity contribution is 5.90. The van der Waals surface area contributed by atoms with E-state index in [1.807, 2.05) is 18.2 Å². The van der Waals surface area contributed by atoms with Gasteiger partial charge in [0.25, 0.3) is 6.02 Å². The molecule has 130 valence electrons. The molecule has 1 aromatic heterocycles. The maximum Gasteiger partial charge on any atom is 0.291 e. The van der Waals surface area contributed by atoms with Crippen LogP contribution in [0.2, 0.25) is 0 Å². The number of anilines is 1. The van der Waals surface area contributed by atoms with Crippen molar-refractivity contribution in [1.29, 1.82) is 0 Å². The molecule has 0 unspecified atom stereocenters. The molecule has 3 saturated heterocycles. The average molecular weight is 339 g/mol. The van der Waals surface area contributed by atoms with Gasteiger partial charge in [0.1, 0.15) is 11.4 Å². The summed E-state index contributed by atoms with van der Waals surface area (Å²) in [7, 11) is 1.64. The predicted octanol–water partition coefficient (Wildman–Crippen LogP) is 1.90. The van der Waals surface area contributed by atoms with Crippen LogP contribution in [-0.2, 0) is 4.74 Å². The van der Waals surface area contributed by atoms with Crippen LogP contribution in [0.3, 0.4) is 0 Å². The summed E-state index contributed by atoms with van der Waals surface area (Å²) in [6.07, 6.45) is 4.12. The van der Waals surface area contributed by atoms with Crippen LogP contribution >= 0.6 is 0 Å². The zero-order valence-corrected chi connectivity index (χ0v) is 14.2. The highest BCUT2D eigenvalue weighted by atomic mass is 16.5. The average Bonchev–Trinajstić information content (AvgIpc) is 3.04. The molecule has 1 N–H and O–H groups in total. The Balaban J connectivity index is 1.33. The molecule has 6 rings (SSSR count). The number of hydrogen-bond donors (Lipinski definition) is 1. The van der Waals surface area contributed by atoms with Crippen LogP contribution in [0.25, 0.3) is 11.0 Å². The molecule has 2 aromatic rings. The summed E-state index contributed by atoms with van der Waals surface area (Å²) in [6, 6.07) is 6.22. The summed E-state index contributed by atoms with van der Waals surface area (Å²) >= 11 is 0. The predicted molar refractivity (Wildman–Crippen MR) is 95.0 cm³/mol. The van der Waals surface area contributed by atoms with Crippen LogP contribution in [0.15, 0.2) is 29.4 Å². The van der Waals surface area contributed by atoms with Gasteiger partial charge in [-0.1, -0.05) is 0 Å². The molecular formula is C18H21N5O2. The van der Waals surface area contributed by atoms with Gasteiger partial charge in [0.05, 0.1) is 30.9 Å². The third-order valence-corrected chi connectivity index (χ3v) is 5.60. The lowest BCUT2D eigenvalue weighted by molar-refractivity contribution is -0.0829. The zero-order chi connectivity index (χ0) is 16.9. The normalized spacial score (nSPS) is 30.4. The molecule has 1 spiro atoms. The molecule has 2 bridgehead atoms. The van der Waals surface area contributed by atoms with Gasteiger partial charge in [0, 0.05) is 18.5 Å². The number of ether oxygens (including phenoxy) is 2. The second-order valence-electron chi connectivity index (χ2n) is 7.07. The molecule has 0 saturated carbocycles. The Kier molecular flexibility index (Phi) is 3.31. The van der Waals surface area contributed by atoms with Crippen LogP contribution in [0.5, 0.6) is 5.75 Å². The number of fused-ring (bicyclic) bond motifs is 3. The van der Waals surface area contributed by atoms with Gasteiger partial charge in [0.2, 0.25) is 0 Å². The Hall–Kier alpha value is -2.41. The molecular weight excluding hydrogens is 318 g/mol. The van der Waals surface area contributed by atoms with Crippen LogP contribution in [0, 0.1) is 5.92 Å². The van der Waals surface area contributed by atoms with Gasteiger partial charge in [-0.2, -0.15) is 0 Å². The number of nitrogens with one attached hydrogen (secondary N) is 1. The topological polar surface area (TPSA) is 71.9 Å². The smallest absolute Gasteiger partial charge is 0.291 e. The van der Waals surface area contributed by atoms with E-state index in [0.29, 0.717) is 17.8 Å². The number of aromatic nitrogens is 2. The third kappa shape index (κ3) is 2.50. The first kappa shape index (κ1) is 14.9. The molecule has 5 heterocycles. The number of aliphatic imine (C=N–C) groups is 1. The van der Waals surface area contributed by atoms with Crippen molar-refractivity contribution in [3.05, 3.63) is 24.4 Å². The highest BCUT2D eigenvalue weighted by Gasteiger charge is 2.51. The molecule has 3 fully saturated rings. The molecule has 7 nitrogen and oxygen atoms in total. The molecule has 0 radical (unpaired) electrons. The van der Waals surface area contributed by atoms with Gasteiger partial charge in [-0.25, -0.2) is 9.98 Å². The van der Waals surface area contributed by atoms with E-state index in [0.717, 1.165) is 29.9 Å². The van der Waals surface area contributed by atoms with Crippen molar-refractivity contribution in [2.45, 2.75) is 18.4 Å². The summed E-state index contributed by atoms with van der Waals surface area (Å²) in [6.45, 7) is 4.10. The van der Waals surface area contributed by atoms with Gasteiger partial charge < -0.3 is 9.47 Å². The summed E-state index contributed by atoms with van der Waals surface area (Å²) in [5.41, 5.74) is 1.46. The maximum absolute atomic E-state index is 6.29. The van der Waals surface area contributed by atoms with E-state index in [4.69, 9.17) is 9.47 Å². The number of methoxy groups -OCH3 is 1. The lowest BCUT2D eigenvalue weighted by Crippen LogP contribution is -2.61. The number of piperidine rings is 3. The number of benzene rings is 1. The highest BCUT2D eigenvalue weighted by Crippen LogP contribution is 2.40. The summed E-state index contributed by atoms with van der Waals surface area (Å²) < 4.78 is 11.5. The molecule has 1 aromatic carbocycles. The number of rotatable bonds is 2. The SMILES string of the molecule is COc1ccc2nc(NC3=NC[C@@]4(CN5CCC4CC5)O3)cnc2c1. The van der Waals surface area contributed by atoms with Crippen molar-refractivity contribution in [3.8, 4) is 5.75 Å². The van der Waals surface area contributed by atoms with Gasteiger partial charge in [-0.05, 0) is 38.1 Å². The van der Waals surface area contributed by atoms with Crippen molar-refractivity contribution in [1.82, 2.24) is 14.9 Å².